The van der Waals surface area contributed by atoms with Gasteiger partial charge in [0.05, 0.1) is 75.3 Å². The van der Waals surface area contributed by atoms with Crippen LogP contribution in [0.15, 0.2) is 158 Å². The van der Waals surface area contributed by atoms with E-state index in [4.69, 9.17) is 43.0 Å². The van der Waals surface area contributed by atoms with Crippen LogP contribution in [0.2, 0.25) is 0 Å². The van der Waals surface area contributed by atoms with Crippen LogP contribution in [0.1, 0.15) is 124 Å². The smallest absolute Gasteiger partial charge is 0.338 e. The minimum Gasteiger partial charge on any atom is -0.491 e. The predicted octanol–water partition coefficient (Wildman–Crippen LogP) is 12.9. The van der Waals surface area contributed by atoms with Crippen molar-refractivity contribution in [1.29, 1.82) is 0 Å². The number of fused-ring (bicyclic) bond motifs is 2. The molecule has 580 valence electrons. The molecule has 6 heterocycles. The number of amides is 2. The van der Waals surface area contributed by atoms with Crippen LogP contribution in [-0.4, -0.2) is 197 Å². The quantitative estimate of drug-likeness (QED) is 0.0155. The van der Waals surface area contributed by atoms with E-state index in [9.17, 15) is 33.9 Å². The number of methoxy groups -OCH3 is 2. The number of piperazine rings is 2. The molecule has 6 aromatic carbocycles. The van der Waals surface area contributed by atoms with Crippen LogP contribution in [0.3, 0.4) is 0 Å². The molecule has 10 aromatic rings. The Morgan fingerprint density at radius 3 is 1.24 bits per heavy atom. The van der Waals surface area contributed by atoms with Crippen molar-refractivity contribution in [3.63, 3.8) is 0 Å². The molecule has 0 spiro atoms. The maximum absolute atomic E-state index is 13.4. The van der Waals surface area contributed by atoms with E-state index in [1.165, 1.54) is 89.1 Å². The number of carbonyl (C=O) groups excluding carboxylic acids is 4. The number of unbranched alkanes of at least 4 members (excludes halogenated alkanes) is 2. The lowest BCUT2D eigenvalue weighted by atomic mass is 10.0. The monoisotopic (exact) mass is 1540 g/mol. The number of aromatic amines is 2. The van der Waals surface area contributed by atoms with E-state index in [1.807, 2.05) is 54.6 Å². The second kappa shape index (κ2) is 40.3. The maximum Gasteiger partial charge on any atom is 0.338 e. The highest BCUT2D eigenvalue weighted by atomic mass is 32.1. The first-order chi connectivity index (χ1) is 53.6. The van der Waals surface area contributed by atoms with Gasteiger partial charge in [-0.15, -0.1) is 0 Å². The molecule has 26 nitrogen and oxygen atoms in total. The third kappa shape index (κ3) is 22.0. The maximum atomic E-state index is 13.4. The summed E-state index contributed by atoms with van der Waals surface area (Å²) in [5.41, 5.74) is 6.42. The van der Waals surface area contributed by atoms with Gasteiger partial charge in [-0.25, -0.2) is 29.1 Å². The van der Waals surface area contributed by atoms with Crippen molar-refractivity contribution in [3.8, 4) is 23.0 Å². The number of benzene rings is 6. The molecule has 12 rings (SSSR count). The fraction of sp³-hybridized carbons (Fsp3) is 0.366. The van der Waals surface area contributed by atoms with E-state index in [0.29, 0.717) is 48.5 Å². The first-order valence-corrected chi connectivity index (χ1v) is 38.7. The van der Waals surface area contributed by atoms with Crippen LogP contribution in [0, 0.1) is 0 Å². The van der Waals surface area contributed by atoms with Crippen LogP contribution < -0.4 is 49.2 Å². The van der Waals surface area contributed by atoms with Crippen LogP contribution in [0.4, 0.5) is 21.6 Å². The molecule has 28 heteroatoms. The van der Waals surface area contributed by atoms with Gasteiger partial charge < -0.3 is 88.3 Å². The lowest BCUT2D eigenvalue weighted by Crippen LogP contribution is -2.46. The summed E-state index contributed by atoms with van der Waals surface area (Å²) in [6.45, 7) is 13.2. The zero-order chi connectivity index (χ0) is 77.1. The molecule has 0 bridgehead atoms. The van der Waals surface area contributed by atoms with Crippen LogP contribution in [0.25, 0.3) is 21.8 Å². The molecule has 6 N–H and O–H groups in total. The van der Waals surface area contributed by atoms with Crippen molar-refractivity contribution < 1.29 is 76.9 Å². The molecule has 0 aliphatic carbocycles. The fourth-order valence-corrected chi connectivity index (χ4v) is 14.8. The average Bonchev–Trinajstić information content (AvgIpc) is 1.56. The minimum absolute atomic E-state index is 0.0411. The molecule has 2 saturated heterocycles. The van der Waals surface area contributed by atoms with E-state index in [0.717, 1.165) is 148 Å². The van der Waals surface area contributed by atoms with Crippen molar-refractivity contribution in [3.05, 3.63) is 201 Å². The molecule has 110 heavy (non-hydrogen) atoms. The Bertz CT molecular complexity index is 4660. The van der Waals surface area contributed by atoms with Gasteiger partial charge in [-0.3, -0.25) is 9.59 Å². The molecule has 4 aromatic heterocycles. The van der Waals surface area contributed by atoms with Gasteiger partial charge in [0, 0.05) is 110 Å². The average molecular weight is 1540 g/mol. The molecule has 0 saturated carbocycles. The molecule has 2 unspecified atom stereocenters. The third-order valence-corrected chi connectivity index (χ3v) is 21.1. The predicted molar refractivity (Wildman–Crippen MR) is 425 cm³/mol. The van der Waals surface area contributed by atoms with Gasteiger partial charge in [-0.2, -0.15) is 0 Å². The fourth-order valence-electron chi connectivity index (χ4n) is 13.1. The number of hydrogen-bond donors (Lipinski definition) is 6. The minimum atomic E-state index is -1.34. The summed E-state index contributed by atoms with van der Waals surface area (Å²) in [4.78, 5) is 99.8. The molecule has 2 atom stereocenters. The van der Waals surface area contributed by atoms with Gasteiger partial charge in [0.1, 0.15) is 59.2 Å². The Labute approximate surface area is 646 Å². The topological polar surface area (TPSA) is 311 Å². The van der Waals surface area contributed by atoms with Crippen molar-refractivity contribution in [1.82, 2.24) is 30.6 Å². The second-order valence-electron chi connectivity index (χ2n) is 26.3. The number of nitrogens with one attached hydrogen (secondary N) is 4. The summed E-state index contributed by atoms with van der Waals surface area (Å²) >= 11 is 2.90. The highest BCUT2D eigenvalue weighted by Crippen LogP contribution is 2.31. The Morgan fingerprint density at radius 2 is 0.827 bits per heavy atom. The molecule has 2 fully saturated rings. The number of para-hydroxylation sites is 2. The summed E-state index contributed by atoms with van der Waals surface area (Å²) in [5.74, 6) is -1.95. The first kappa shape index (κ1) is 79.8. The number of carboxylic acid groups (broad SMARTS) is 2. The molecule has 2 aliphatic rings. The summed E-state index contributed by atoms with van der Waals surface area (Å²) in [5, 5.41) is 29.1. The standard InChI is InChI=1S/C42H49N5O8S.C40H45N5O8S/c1-4-5-8-30(25-29-27-43-37-10-7-6-9-34(29)37)45-39(48)38-28-44-42(56-38)47-19-17-46(18-20-47)31-11-13-32(14-12-31)54-23-21-53-22-24-55-33-15-16-35(40(49)51-2)36(26-33)41(50)52-3;1-2-3-6-28(23-27-25-41-35-8-5-4-7-32(27)35)43-37(46)36-26-42-40(54-36)45-17-15-44(16-18-45)29-9-11-30(12-10-29)52-21-19-51-20-22-53-31-13-14-33(38(47)48)34(24-31)39(49)50/h6-7,9-16,26-28,30,43H,4-5,8,17-25H2,1-3H3,(H,45,48);4-5,7-14,24-26,28,41H,2-3,6,15-23H2,1H3,(H,43,46)(H,47,48)(H,49,50). The summed E-state index contributed by atoms with van der Waals surface area (Å²) < 4.78 is 43.6. The number of thiazole rings is 2. The van der Waals surface area contributed by atoms with E-state index in [1.54, 1.807) is 18.5 Å². The number of anilines is 4. The number of carbonyl (C=O) groups is 6. The Kier molecular flexibility index (Phi) is 29.2. The highest BCUT2D eigenvalue weighted by molar-refractivity contribution is 7.17. The summed E-state index contributed by atoms with van der Waals surface area (Å²) in [7, 11) is 2.49. The Hall–Kier alpha value is -11.2. The van der Waals surface area contributed by atoms with Crippen molar-refractivity contribution in [2.24, 2.45) is 0 Å². The van der Waals surface area contributed by atoms with Gasteiger partial charge >= 0.3 is 23.9 Å². The summed E-state index contributed by atoms with van der Waals surface area (Å²) in [6, 6.07) is 40.9. The number of rotatable bonds is 38. The Morgan fingerprint density at radius 1 is 0.455 bits per heavy atom. The SMILES string of the molecule is CCCCC(Cc1c[nH]c2ccccc12)NC(=O)c1cnc(N2CCN(c3ccc(OCCOCCOc4ccc(C(=O)O)c(C(=O)O)c4)cc3)CC2)s1.CCCCC(Cc1c[nH]c2ccccc12)NC(=O)c1cnc(N2CCN(c3ccc(OCCOCCOc4ccc(C(=O)OC)c(C(=O)OC)c4)cc3)CC2)s1. The number of aromatic carboxylic acids is 2. The van der Waals surface area contributed by atoms with E-state index in [2.05, 4.69) is 119 Å². The Balaban J connectivity index is 0.000000218. The number of esters is 2. The molecular formula is C82H94N10O16S2. The van der Waals surface area contributed by atoms with Crippen LogP contribution >= 0.6 is 22.7 Å². The largest absolute Gasteiger partial charge is 0.491 e. The number of aromatic nitrogens is 4. The first-order valence-electron chi connectivity index (χ1n) is 37.1. The molecule has 2 aliphatic heterocycles. The van der Waals surface area contributed by atoms with E-state index in [-0.39, 0.29) is 71.7 Å². The van der Waals surface area contributed by atoms with E-state index < -0.39 is 23.9 Å². The van der Waals surface area contributed by atoms with Crippen LogP contribution in [-0.2, 0) is 31.8 Å². The third-order valence-electron chi connectivity index (χ3n) is 18.9. The zero-order valence-corrected chi connectivity index (χ0v) is 63.9. The van der Waals surface area contributed by atoms with E-state index >= 15 is 0 Å². The number of hydrogen-bond acceptors (Lipinski definition) is 22. The van der Waals surface area contributed by atoms with Gasteiger partial charge in [0.25, 0.3) is 11.8 Å². The number of H-pyrrole nitrogens is 2. The molecular weight excluding hydrogens is 1450 g/mol. The van der Waals surface area contributed by atoms with Crippen molar-refractivity contribution in [2.75, 3.05) is 139 Å². The lowest BCUT2D eigenvalue weighted by Gasteiger charge is -2.36. The zero-order valence-electron chi connectivity index (χ0n) is 62.2. The number of nitrogens with zero attached hydrogens (tertiary/aromatic N) is 6. The molecule has 0 radical (unpaired) electrons. The molecule has 2 amide bonds. The lowest BCUT2D eigenvalue weighted by molar-refractivity contribution is 0.0554. The van der Waals surface area contributed by atoms with Gasteiger partial charge in [0.2, 0.25) is 0 Å². The summed E-state index contributed by atoms with van der Waals surface area (Å²) in [6.07, 6.45) is 15.2. The number of ether oxygens (including phenoxy) is 8. The van der Waals surface area contributed by atoms with Crippen molar-refractivity contribution >= 4 is 102 Å². The normalized spacial score (nSPS) is 13.4. The van der Waals surface area contributed by atoms with Crippen LogP contribution in [0.5, 0.6) is 23.0 Å². The van der Waals surface area contributed by atoms with Gasteiger partial charge in [-0.05, 0) is 134 Å². The second-order valence-corrected chi connectivity index (χ2v) is 28.3. The highest BCUT2D eigenvalue weighted by Gasteiger charge is 2.27. The van der Waals surface area contributed by atoms with Crippen molar-refractivity contribution in [2.45, 2.75) is 77.3 Å². The number of carboxylic acids is 2. The van der Waals surface area contributed by atoms with Gasteiger partial charge in [-0.1, -0.05) is 98.6 Å². The van der Waals surface area contributed by atoms with Gasteiger partial charge in [0.15, 0.2) is 10.3 Å².